The number of nitrogens with zero attached hydrogens (tertiary/aromatic N) is 2. The lowest BCUT2D eigenvalue weighted by molar-refractivity contribution is -0.161. The second-order valence-electron chi connectivity index (χ2n) is 7.50. The van der Waals surface area contributed by atoms with Gasteiger partial charge in [-0.1, -0.05) is 27.7 Å². The fourth-order valence-corrected chi connectivity index (χ4v) is 3.04. The molecule has 0 aromatic carbocycles. The van der Waals surface area contributed by atoms with Crippen molar-refractivity contribution in [3.63, 3.8) is 0 Å². The van der Waals surface area contributed by atoms with E-state index in [4.69, 9.17) is 25.8 Å². The van der Waals surface area contributed by atoms with Gasteiger partial charge in [0.05, 0.1) is 18.4 Å². The molecule has 1 aliphatic rings. The van der Waals surface area contributed by atoms with Crippen molar-refractivity contribution in [1.29, 1.82) is 0 Å². The molecule has 1 unspecified atom stereocenters. The van der Waals surface area contributed by atoms with Crippen LogP contribution >= 0.6 is 11.6 Å². The number of H-pyrrole nitrogens is 1. The number of alkyl halides is 1. The van der Waals surface area contributed by atoms with Crippen molar-refractivity contribution < 1.29 is 23.8 Å². The van der Waals surface area contributed by atoms with Gasteiger partial charge < -0.3 is 14.2 Å². The van der Waals surface area contributed by atoms with Crippen molar-refractivity contribution in [2.24, 2.45) is 17.8 Å². The first-order valence-corrected chi connectivity index (χ1v) is 9.94. The molecule has 162 valence electrons. The molecule has 10 nitrogen and oxygen atoms in total. The van der Waals surface area contributed by atoms with Gasteiger partial charge in [0.15, 0.2) is 6.23 Å². The number of carbonyl (C=O) groups is 2. The first-order chi connectivity index (χ1) is 13.6. The van der Waals surface area contributed by atoms with E-state index in [0.29, 0.717) is 0 Å². The molecule has 29 heavy (non-hydrogen) atoms. The van der Waals surface area contributed by atoms with Gasteiger partial charge in [-0.2, -0.15) is 9.78 Å². The standard InChI is InChI=1S/C18H26ClN3O7/c1-9(2)16(24)27-8-11(6-19)15-12(28-17(25)10(3)4)5-14(29-15)22-18(26)21-13(23)7-20-22/h7,9-12,14-15H,5-6,8H2,1-4H3,(H,21,23,26)/t11-,12+,14-,15?/m1/s1. The molecule has 1 aliphatic heterocycles. The molecule has 0 spiro atoms. The second-order valence-corrected chi connectivity index (χ2v) is 7.81. The Hall–Kier alpha value is -2.20. The quantitative estimate of drug-likeness (QED) is 0.473. The Morgan fingerprint density at radius 3 is 2.48 bits per heavy atom. The van der Waals surface area contributed by atoms with Gasteiger partial charge in [-0.15, -0.1) is 11.6 Å². The van der Waals surface area contributed by atoms with Crippen LogP contribution in [-0.2, 0) is 23.8 Å². The van der Waals surface area contributed by atoms with Crippen LogP contribution in [0.2, 0.25) is 0 Å². The third-order valence-electron chi connectivity index (χ3n) is 4.44. The van der Waals surface area contributed by atoms with Crippen molar-refractivity contribution in [3.8, 4) is 0 Å². The molecule has 0 bridgehead atoms. The summed E-state index contributed by atoms with van der Waals surface area (Å²) in [7, 11) is 0. The van der Waals surface area contributed by atoms with E-state index in [-0.39, 0.29) is 36.7 Å². The zero-order chi connectivity index (χ0) is 21.7. The van der Waals surface area contributed by atoms with E-state index in [9.17, 15) is 19.2 Å². The molecule has 0 saturated carbocycles. The van der Waals surface area contributed by atoms with Crippen LogP contribution in [0.4, 0.5) is 0 Å². The summed E-state index contributed by atoms with van der Waals surface area (Å²) < 4.78 is 17.7. The first kappa shape index (κ1) is 23.1. The van der Waals surface area contributed by atoms with Gasteiger partial charge in [-0.05, 0) is 0 Å². The molecule has 0 radical (unpaired) electrons. The van der Waals surface area contributed by atoms with E-state index in [2.05, 4.69) is 10.1 Å². The average Bonchev–Trinajstić information content (AvgIpc) is 3.05. The number of aromatic nitrogens is 3. The molecule has 1 saturated heterocycles. The van der Waals surface area contributed by atoms with Crippen molar-refractivity contribution >= 4 is 23.5 Å². The Kier molecular flexibility index (Phi) is 7.97. The molecule has 2 rings (SSSR count). The van der Waals surface area contributed by atoms with Gasteiger partial charge in [0.1, 0.15) is 18.4 Å². The third-order valence-corrected chi connectivity index (χ3v) is 4.83. The first-order valence-electron chi connectivity index (χ1n) is 9.40. The van der Waals surface area contributed by atoms with E-state index in [1.807, 2.05) is 0 Å². The number of rotatable bonds is 8. The highest BCUT2D eigenvalue weighted by atomic mass is 35.5. The van der Waals surface area contributed by atoms with Crippen LogP contribution in [0.5, 0.6) is 0 Å². The lowest BCUT2D eigenvalue weighted by atomic mass is 10.00. The van der Waals surface area contributed by atoms with E-state index < -0.39 is 41.6 Å². The van der Waals surface area contributed by atoms with Crippen LogP contribution in [0.3, 0.4) is 0 Å². The smallest absolute Gasteiger partial charge is 0.347 e. The molecule has 11 heteroatoms. The van der Waals surface area contributed by atoms with Gasteiger partial charge in [0, 0.05) is 18.2 Å². The number of hydrogen-bond donors (Lipinski definition) is 1. The summed E-state index contributed by atoms with van der Waals surface area (Å²) in [5, 5.41) is 3.80. The van der Waals surface area contributed by atoms with Crippen LogP contribution in [-0.4, -0.2) is 51.4 Å². The minimum atomic E-state index is -0.874. The van der Waals surface area contributed by atoms with Crippen molar-refractivity contribution in [2.75, 3.05) is 12.5 Å². The molecule has 1 aromatic heterocycles. The average molecular weight is 432 g/mol. The maximum absolute atomic E-state index is 12.1. The summed E-state index contributed by atoms with van der Waals surface area (Å²) in [5.41, 5.74) is -1.38. The Bertz CT molecular complexity index is 835. The van der Waals surface area contributed by atoms with Gasteiger partial charge in [-0.25, -0.2) is 4.79 Å². The summed E-state index contributed by atoms with van der Waals surface area (Å²) in [6, 6.07) is 0. The fraction of sp³-hybridized carbons (Fsp3) is 0.722. The van der Waals surface area contributed by atoms with Gasteiger partial charge in [0.25, 0.3) is 5.56 Å². The molecule has 4 atom stereocenters. The topological polar surface area (TPSA) is 130 Å². The summed E-state index contributed by atoms with van der Waals surface area (Å²) in [6.45, 7) is 6.79. The zero-order valence-electron chi connectivity index (χ0n) is 16.8. The van der Waals surface area contributed by atoms with Crippen molar-refractivity contribution in [1.82, 2.24) is 14.8 Å². The van der Waals surface area contributed by atoms with Crippen LogP contribution in [0, 0.1) is 17.8 Å². The molecule has 1 fully saturated rings. The van der Waals surface area contributed by atoms with Crippen LogP contribution in [0.15, 0.2) is 15.8 Å². The highest BCUT2D eigenvalue weighted by Gasteiger charge is 2.44. The highest BCUT2D eigenvalue weighted by molar-refractivity contribution is 6.18. The van der Waals surface area contributed by atoms with Crippen LogP contribution < -0.4 is 11.2 Å². The van der Waals surface area contributed by atoms with Gasteiger partial charge in [-0.3, -0.25) is 19.4 Å². The SMILES string of the molecule is CC(C)C(=O)OC[C@@H](CCl)C1O[C@@H](n2ncc(=O)[nH]c2=O)C[C@@H]1OC(=O)C(C)C. The van der Waals surface area contributed by atoms with Gasteiger partial charge in [0.2, 0.25) is 0 Å². The van der Waals surface area contributed by atoms with Crippen molar-refractivity contribution in [3.05, 3.63) is 27.0 Å². The Balaban J connectivity index is 2.24. The fourth-order valence-electron chi connectivity index (χ4n) is 2.78. The Morgan fingerprint density at radius 1 is 1.28 bits per heavy atom. The lowest BCUT2D eigenvalue weighted by Gasteiger charge is -2.26. The van der Waals surface area contributed by atoms with Crippen LogP contribution in [0.25, 0.3) is 0 Å². The minimum Gasteiger partial charge on any atom is -0.465 e. The lowest BCUT2D eigenvalue weighted by Crippen LogP contribution is -2.38. The highest BCUT2D eigenvalue weighted by Crippen LogP contribution is 2.34. The Morgan fingerprint density at radius 2 is 1.93 bits per heavy atom. The summed E-state index contributed by atoms with van der Waals surface area (Å²) in [6.07, 6.45) is -1.23. The molecule has 0 aliphatic carbocycles. The molecule has 2 heterocycles. The number of nitrogens with one attached hydrogen (secondary N) is 1. The van der Waals surface area contributed by atoms with Crippen molar-refractivity contribution in [2.45, 2.75) is 52.6 Å². The Labute approximate surface area is 172 Å². The maximum atomic E-state index is 12.1. The largest absolute Gasteiger partial charge is 0.465 e. The number of ether oxygens (including phenoxy) is 3. The summed E-state index contributed by atoms with van der Waals surface area (Å²) in [5.74, 6) is -1.89. The third kappa shape index (κ3) is 5.89. The second kappa shape index (κ2) is 10.0. The minimum absolute atomic E-state index is 0.0262. The molecule has 0 amide bonds. The maximum Gasteiger partial charge on any atom is 0.347 e. The summed E-state index contributed by atoms with van der Waals surface area (Å²) in [4.78, 5) is 49.4. The normalized spacial score (nSPS) is 22.7. The predicted molar refractivity (Wildman–Crippen MR) is 102 cm³/mol. The number of aromatic amines is 1. The molecule has 1 N–H and O–H groups in total. The summed E-state index contributed by atoms with van der Waals surface area (Å²) >= 11 is 6.08. The van der Waals surface area contributed by atoms with E-state index >= 15 is 0 Å². The number of halogens is 1. The van der Waals surface area contributed by atoms with E-state index in [1.165, 1.54) is 0 Å². The van der Waals surface area contributed by atoms with Crippen LogP contribution in [0.1, 0.15) is 40.3 Å². The van der Waals surface area contributed by atoms with E-state index in [0.717, 1.165) is 10.9 Å². The zero-order valence-corrected chi connectivity index (χ0v) is 17.5. The number of hydrogen-bond acceptors (Lipinski definition) is 8. The monoisotopic (exact) mass is 431 g/mol. The number of carbonyl (C=O) groups excluding carboxylic acids is 2. The predicted octanol–water partition coefficient (Wildman–Crippen LogP) is 0.841. The molecular formula is C18H26ClN3O7. The van der Waals surface area contributed by atoms with E-state index in [1.54, 1.807) is 27.7 Å². The molecular weight excluding hydrogens is 406 g/mol. The number of esters is 2. The molecule has 1 aromatic rings. The van der Waals surface area contributed by atoms with Gasteiger partial charge >= 0.3 is 17.6 Å².